The molecule has 1 unspecified atom stereocenters. The number of nitrogens with zero attached hydrogens (tertiary/aromatic N) is 1. The van der Waals surface area contributed by atoms with Crippen molar-refractivity contribution in [2.45, 2.75) is 12.5 Å². The predicted octanol–water partition coefficient (Wildman–Crippen LogP) is 0.321. The average Bonchev–Trinajstić information content (AvgIpc) is 1.96. The third-order valence-electron chi connectivity index (χ3n) is 1.56. The van der Waals surface area contributed by atoms with Crippen LogP contribution in [0.5, 0.6) is 0 Å². The number of nitrogens with two attached hydrogens (primary N) is 1. The lowest BCUT2D eigenvalue weighted by Gasteiger charge is -2.13. The van der Waals surface area contributed by atoms with Gasteiger partial charge in [0.15, 0.2) is 0 Å². The fraction of sp³-hybridized carbons (Fsp3) is 0.333. The van der Waals surface area contributed by atoms with E-state index in [1.165, 1.54) is 6.08 Å². The van der Waals surface area contributed by atoms with Gasteiger partial charge in [-0.15, -0.1) is 0 Å². The summed E-state index contributed by atoms with van der Waals surface area (Å²) in [5.74, 6) is 0. The lowest BCUT2D eigenvalue weighted by Crippen LogP contribution is -2.23. The molecule has 0 aromatic rings. The third-order valence-corrected chi connectivity index (χ3v) is 1.89. The van der Waals surface area contributed by atoms with E-state index in [2.05, 4.69) is 0 Å². The van der Waals surface area contributed by atoms with Crippen LogP contribution >= 0.6 is 11.6 Å². The second-order valence-corrected chi connectivity index (χ2v) is 2.82. The standard InChI is InChI=1S/C6H7ClN2O3/c7-3-1-4(8)6(10)2-5(3)9(11)12/h1,6,10H,2,8H2. The maximum Gasteiger partial charge on any atom is 0.267 e. The Morgan fingerprint density at radius 3 is 2.92 bits per heavy atom. The fourth-order valence-corrected chi connectivity index (χ4v) is 1.16. The van der Waals surface area contributed by atoms with E-state index in [9.17, 15) is 10.1 Å². The molecular formula is C6H7ClN2O3. The van der Waals surface area contributed by atoms with E-state index in [4.69, 9.17) is 22.4 Å². The fourth-order valence-electron chi connectivity index (χ4n) is 0.886. The van der Waals surface area contributed by atoms with Gasteiger partial charge in [-0.1, -0.05) is 11.6 Å². The maximum atomic E-state index is 10.3. The Kier molecular flexibility index (Phi) is 2.35. The highest BCUT2D eigenvalue weighted by molar-refractivity contribution is 6.31. The molecular weight excluding hydrogens is 184 g/mol. The molecule has 66 valence electrons. The molecule has 0 radical (unpaired) electrons. The van der Waals surface area contributed by atoms with E-state index in [1.54, 1.807) is 0 Å². The summed E-state index contributed by atoms with van der Waals surface area (Å²) >= 11 is 5.51. The van der Waals surface area contributed by atoms with Gasteiger partial charge < -0.3 is 10.8 Å². The summed E-state index contributed by atoms with van der Waals surface area (Å²) in [5, 5.41) is 19.4. The normalized spacial score (nSPS) is 23.8. The number of rotatable bonds is 1. The molecule has 0 amide bonds. The quantitative estimate of drug-likeness (QED) is 0.460. The van der Waals surface area contributed by atoms with Gasteiger partial charge >= 0.3 is 0 Å². The van der Waals surface area contributed by atoms with Crippen LogP contribution in [0.25, 0.3) is 0 Å². The highest BCUT2D eigenvalue weighted by atomic mass is 35.5. The highest BCUT2D eigenvalue weighted by Gasteiger charge is 2.26. The number of halogens is 1. The zero-order chi connectivity index (χ0) is 9.30. The van der Waals surface area contributed by atoms with E-state index in [1.807, 2.05) is 0 Å². The van der Waals surface area contributed by atoms with Gasteiger partial charge in [0.25, 0.3) is 5.70 Å². The molecule has 6 heteroatoms. The Hall–Kier alpha value is -1.07. The molecule has 1 aliphatic carbocycles. The van der Waals surface area contributed by atoms with Gasteiger partial charge in [0, 0.05) is 5.70 Å². The molecule has 1 rings (SSSR count). The smallest absolute Gasteiger partial charge is 0.267 e. The van der Waals surface area contributed by atoms with Gasteiger partial charge in [0.1, 0.15) is 11.1 Å². The first kappa shape index (κ1) is 9.02. The van der Waals surface area contributed by atoms with Gasteiger partial charge in [0.05, 0.1) is 11.3 Å². The SMILES string of the molecule is NC1=CC(Cl)=C([N+](=O)[O-])CC1O. The van der Waals surface area contributed by atoms with Gasteiger partial charge in [-0.05, 0) is 6.08 Å². The van der Waals surface area contributed by atoms with Gasteiger partial charge in [-0.2, -0.15) is 0 Å². The number of aliphatic hydroxyl groups excluding tert-OH is 1. The Bertz CT molecular complexity index is 285. The zero-order valence-electron chi connectivity index (χ0n) is 6.03. The number of allylic oxidation sites excluding steroid dienone is 2. The molecule has 0 aliphatic heterocycles. The summed E-state index contributed by atoms with van der Waals surface area (Å²) in [6, 6.07) is 0. The second-order valence-electron chi connectivity index (χ2n) is 2.42. The van der Waals surface area contributed by atoms with Crippen molar-refractivity contribution < 1.29 is 10.0 Å². The second kappa shape index (κ2) is 3.12. The van der Waals surface area contributed by atoms with Gasteiger partial charge in [-0.3, -0.25) is 10.1 Å². The van der Waals surface area contributed by atoms with Gasteiger partial charge in [0.2, 0.25) is 0 Å². The third kappa shape index (κ3) is 1.57. The molecule has 0 saturated heterocycles. The number of hydrogen-bond acceptors (Lipinski definition) is 4. The zero-order valence-corrected chi connectivity index (χ0v) is 6.78. The van der Waals surface area contributed by atoms with E-state index in [-0.39, 0.29) is 22.8 Å². The Labute approximate surface area is 73.3 Å². The topological polar surface area (TPSA) is 89.4 Å². The van der Waals surface area contributed by atoms with E-state index >= 15 is 0 Å². The van der Waals surface area contributed by atoms with Crippen LogP contribution in [0.15, 0.2) is 22.5 Å². The number of hydrogen-bond donors (Lipinski definition) is 2. The summed E-state index contributed by atoms with van der Waals surface area (Å²) in [6.45, 7) is 0. The van der Waals surface area contributed by atoms with Crippen LogP contribution < -0.4 is 5.73 Å². The highest BCUT2D eigenvalue weighted by Crippen LogP contribution is 2.24. The molecule has 5 nitrogen and oxygen atoms in total. The first-order valence-corrected chi connectivity index (χ1v) is 3.58. The van der Waals surface area contributed by atoms with Crippen LogP contribution in [-0.4, -0.2) is 16.1 Å². The Morgan fingerprint density at radius 2 is 2.42 bits per heavy atom. The molecule has 3 N–H and O–H groups in total. The predicted molar refractivity (Wildman–Crippen MR) is 42.8 cm³/mol. The summed E-state index contributed by atoms with van der Waals surface area (Å²) < 4.78 is 0. The number of aliphatic hydroxyl groups is 1. The van der Waals surface area contributed by atoms with Crippen LogP contribution in [0.1, 0.15) is 6.42 Å². The van der Waals surface area contributed by atoms with Crippen molar-refractivity contribution in [1.29, 1.82) is 0 Å². The summed E-state index contributed by atoms with van der Waals surface area (Å²) in [4.78, 5) is 9.68. The molecule has 0 saturated carbocycles. The summed E-state index contributed by atoms with van der Waals surface area (Å²) in [5.41, 5.74) is 5.26. The first-order chi connectivity index (χ1) is 5.52. The van der Waals surface area contributed by atoms with Crippen LogP contribution in [0.3, 0.4) is 0 Å². The molecule has 0 aromatic carbocycles. The van der Waals surface area contributed by atoms with E-state index in [0.717, 1.165) is 0 Å². The van der Waals surface area contributed by atoms with Crippen LogP contribution in [0, 0.1) is 10.1 Å². The molecule has 0 fully saturated rings. The summed E-state index contributed by atoms with van der Waals surface area (Å²) in [7, 11) is 0. The molecule has 12 heavy (non-hydrogen) atoms. The van der Waals surface area contributed by atoms with Crippen molar-refractivity contribution in [2.24, 2.45) is 5.73 Å². The first-order valence-electron chi connectivity index (χ1n) is 3.20. The monoisotopic (exact) mass is 190 g/mol. The van der Waals surface area contributed by atoms with Crippen molar-refractivity contribution in [1.82, 2.24) is 0 Å². The largest absolute Gasteiger partial charge is 0.400 e. The molecule has 0 bridgehead atoms. The van der Waals surface area contributed by atoms with Crippen LogP contribution in [0.4, 0.5) is 0 Å². The molecule has 0 heterocycles. The van der Waals surface area contributed by atoms with Crippen molar-refractivity contribution in [2.75, 3.05) is 0 Å². The van der Waals surface area contributed by atoms with Crippen molar-refractivity contribution in [3.05, 3.63) is 32.6 Å². The summed E-state index contributed by atoms with van der Waals surface area (Å²) in [6.07, 6.45) is 0.0788. The van der Waals surface area contributed by atoms with Gasteiger partial charge in [-0.25, -0.2) is 0 Å². The van der Waals surface area contributed by atoms with E-state index < -0.39 is 11.0 Å². The lowest BCUT2D eigenvalue weighted by molar-refractivity contribution is -0.429. The minimum atomic E-state index is -0.993. The molecule has 1 atom stereocenters. The maximum absolute atomic E-state index is 10.3. The lowest BCUT2D eigenvalue weighted by atomic mass is 10.1. The van der Waals surface area contributed by atoms with Crippen LogP contribution in [0.2, 0.25) is 0 Å². The van der Waals surface area contributed by atoms with E-state index in [0.29, 0.717) is 0 Å². The van der Waals surface area contributed by atoms with Crippen molar-refractivity contribution in [3.63, 3.8) is 0 Å². The average molecular weight is 191 g/mol. The Morgan fingerprint density at radius 1 is 1.83 bits per heavy atom. The Balaban J connectivity index is 3.01. The van der Waals surface area contributed by atoms with Crippen molar-refractivity contribution >= 4 is 11.6 Å². The molecule has 1 aliphatic rings. The molecule has 0 spiro atoms. The van der Waals surface area contributed by atoms with Crippen LogP contribution in [-0.2, 0) is 0 Å². The van der Waals surface area contributed by atoms with Crippen molar-refractivity contribution in [3.8, 4) is 0 Å². The minimum Gasteiger partial charge on any atom is -0.400 e. The molecule has 0 aromatic heterocycles. The number of nitro groups is 1. The minimum absolute atomic E-state index is 0.0113.